The molecule has 3 saturated carbocycles. The lowest BCUT2D eigenvalue weighted by molar-refractivity contribution is -0.170. The third-order valence-electron chi connectivity index (χ3n) is 11.0. The van der Waals surface area contributed by atoms with Crippen LogP contribution in [0, 0.1) is 28.6 Å². The number of hydrogen-bond acceptors (Lipinski definition) is 7. The van der Waals surface area contributed by atoms with Crippen molar-refractivity contribution in [1.82, 2.24) is 5.32 Å². The van der Waals surface area contributed by atoms with Crippen molar-refractivity contribution in [3.8, 4) is 0 Å². The number of fused-ring (bicyclic) bond motifs is 5. The molecule has 4 aliphatic carbocycles. The molecule has 0 spiro atoms. The molecule has 7 atom stereocenters. The van der Waals surface area contributed by atoms with Gasteiger partial charge in [-0.15, -0.1) is 0 Å². The van der Waals surface area contributed by atoms with E-state index in [1.807, 2.05) is 6.08 Å². The number of nitrogens with one attached hydrogen (secondary N) is 1. The lowest BCUT2D eigenvalue weighted by Crippen LogP contribution is -2.58. The summed E-state index contributed by atoms with van der Waals surface area (Å²) in [4.78, 5) is 49.7. The van der Waals surface area contributed by atoms with Crippen molar-refractivity contribution in [3.05, 3.63) is 11.6 Å². The van der Waals surface area contributed by atoms with Gasteiger partial charge in [0.05, 0.1) is 12.5 Å². The van der Waals surface area contributed by atoms with Gasteiger partial charge in [0.1, 0.15) is 5.60 Å². The Morgan fingerprint density at radius 1 is 1.05 bits per heavy atom. The Bertz CT molecular complexity index is 1020. The van der Waals surface area contributed by atoms with Crippen LogP contribution < -0.4 is 5.32 Å². The van der Waals surface area contributed by atoms with Crippen LogP contribution >= 0.6 is 0 Å². The predicted molar refractivity (Wildman–Crippen MR) is 139 cm³/mol. The van der Waals surface area contributed by atoms with E-state index in [9.17, 15) is 24.3 Å². The number of Topliss-reactive ketones (excluding diaryl/α,β-unsaturated/α-hetero) is 1. The molecule has 2 N–H and O–H groups in total. The Balaban J connectivity index is 1.15. The fraction of sp³-hybridized carbons (Fsp3) is 0.800. The van der Waals surface area contributed by atoms with Gasteiger partial charge in [-0.25, -0.2) is 0 Å². The van der Waals surface area contributed by atoms with Gasteiger partial charge in [0, 0.05) is 31.4 Å². The quantitative estimate of drug-likeness (QED) is 0.462. The van der Waals surface area contributed by atoms with Crippen molar-refractivity contribution < 1.29 is 33.8 Å². The van der Waals surface area contributed by atoms with Crippen molar-refractivity contribution in [2.75, 3.05) is 19.8 Å². The summed E-state index contributed by atoms with van der Waals surface area (Å²) < 4.78 is 10.7. The van der Waals surface area contributed by atoms with Crippen LogP contribution in [0.15, 0.2) is 11.6 Å². The van der Waals surface area contributed by atoms with Crippen LogP contribution in [-0.2, 0) is 28.7 Å². The van der Waals surface area contributed by atoms with Crippen LogP contribution in [-0.4, -0.2) is 60.0 Å². The van der Waals surface area contributed by atoms with Gasteiger partial charge < -0.3 is 19.9 Å². The fourth-order valence-electron chi connectivity index (χ4n) is 8.71. The Morgan fingerprint density at radius 3 is 2.61 bits per heavy atom. The third-order valence-corrected chi connectivity index (χ3v) is 11.0. The molecule has 0 unspecified atom stereocenters. The third kappa shape index (κ3) is 4.76. The molecule has 5 aliphatic rings. The summed E-state index contributed by atoms with van der Waals surface area (Å²) in [6.45, 7) is 5.07. The van der Waals surface area contributed by atoms with E-state index < -0.39 is 29.4 Å². The lowest BCUT2D eigenvalue weighted by atomic mass is 9.46. The highest BCUT2D eigenvalue weighted by Crippen LogP contribution is 2.67. The minimum Gasteiger partial charge on any atom is -0.458 e. The second-order valence-corrected chi connectivity index (χ2v) is 12.8. The van der Waals surface area contributed by atoms with Crippen molar-refractivity contribution in [2.24, 2.45) is 28.6 Å². The van der Waals surface area contributed by atoms with Gasteiger partial charge in [-0.2, -0.15) is 0 Å². The smallest absolute Gasteiger partial charge is 0.306 e. The Labute approximate surface area is 225 Å². The molecule has 8 heteroatoms. The van der Waals surface area contributed by atoms with Gasteiger partial charge in [-0.05, 0) is 87.0 Å². The van der Waals surface area contributed by atoms with Crippen LogP contribution in [0.2, 0.25) is 0 Å². The van der Waals surface area contributed by atoms with E-state index in [1.54, 1.807) is 0 Å². The van der Waals surface area contributed by atoms with Gasteiger partial charge in [0.15, 0.2) is 12.4 Å². The highest BCUT2D eigenvalue weighted by Gasteiger charge is 2.66. The molecule has 1 saturated heterocycles. The van der Waals surface area contributed by atoms with Crippen molar-refractivity contribution in [3.63, 3.8) is 0 Å². The van der Waals surface area contributed by atoms with Gasteiger partial charge in [0.2, 0.25) is 11.7 Å². The number of carbonyl (C=O) groups is 4. The monoisotopic (exact) mass is 529 g/mol. The Kier molecular flexibility index (Phi) is 7.59. The zero-order chi connectivity index (χ0) is 27.1. The molecule has 1 amide bonds. The second kappa shape index (κ2) is 10.5. The topological polar surface area (TPSA) is 119 Å². The first-order chi connectivity index (χ1) is 18.1. The van der Waals surface area contributed by atoms with Crippen molar-refractivity contribution >= 4 is 23.4 Å². The number of ether oxygens (including phenoxy) is 2. The first-order valence-electron chi connectivity index (χ1n) is 14.6. The molecule has 0 bridgehead atoms. The molecule has 210 valence electrons. The van der Waals surface area contributed by atoms with Crippen molar-refractivity contribution in [1.29, 1.82) is 0 Å². The molecular formula is C30H43NO7. The van der Waals surface area contributed by atoms with Gasteiger partial charge in [-0.1, -0.05) is 19.4 Å². The molecule has 4 fully saturated rings. The van der Waals surface area contributed by atoms with E-state index in [4.69, 9.17) is 9.47 Å². The molecule has 0 aromatic carbocycles. The predicted octanol–water partition coefficient (Wildman–Crippen LogP) is 3.44. The van der Waals surface area contributed by atoms with Crippen molar-refractivity contribution in [2.45, 2.75) is 103 Å². The number of ketones is 2. The number of carbonyl (C=O) groups excluding carboxylic acids is 4. The minimum atomic E-state index is -1.51. The molecule has 1 heterocycles. The molecule has 0 radical (unpaired) electrons. The number of rotatable bonds is 8. The van der Waals surface area contributed by atoms with Gasteiger partial charge in [0.25, 0.3) is 0 Å². The highest BCUT2D eigenvalue weighted by molar-refractivity contribution is 5.92. The van der Waals surface area contributed by atoms with E-state index in [0.29, 0.717) is 37.8 Å². The van der Waals surface area contributed by atoms with E-state index in [0.717, 1.165) is 51.4 Å². The molecule has 0 aromatic heterocycles. The maximum Gasteiger partial charge on any atom is 0.306 e. The fourth-order valence-corrected chi connectivity index (χ4v) is 8.71. The van der Waals surface area contributed by atoms with E-state index in [2.05, 4.69) is 19.2 Å². The normalized spacial score (nSPS) is 40.0. The standard InChI is InChI=1S/C30H43NO7/c1-28-12-9-20(32)16-19(28)5-6-22-23(28)10-13-29(2)24(22)11-14-30(29,36)25(33)18-38-27(35)8-7-26(34)31-17-21-4-3-15-37-21/h16,21-24,36H,3-15,17-18H2,1-2H3,(H,31,34)/t21-,22+,23-,24-,28-,29-,30-/m0/s1. The minimum absolute atomic E-state index is 0.00628. The molecule has 0 aromatic rings. The average molecular weight is 530 g/mol. The number of hydrogen-bond donors (Lipinski definition) is 2. The zero-order valence-electron chi connectivity index (χ0n) is 22.9. The van der Waals surface area contributed by atoms with Crippen LogP contribution in [0.25, 0.3) is 0 Å². The molecule has 38 heavy (non-hydrogen) atoms. The summed E-state index contributed by atoms with van der Waals surface area (Å²) in [7, 11) is 0. The maximum absolute atomic E-state index is 13.3. The number of allylic oxidation sites excluding steroid dienone is 1. The molecular weight excluding hydrogens is 486 g/mol. The van der Waals surface area contributed by atoms with Gasteiger partial charge >= 0.3 is 5.97 Å². The summed E-state index contributed by atoms with van der Waals surface area (Å²) >= 11 is 0. The summed E-state index contributed by atoms with van der Waals surface area (Å²) in [6.07, 6.45) is 10.00. The highest BCUT2D eigenvalue weighted by atomic mass is 16.5. The summed E-state index contributed by atoms with van der Waals surface area (Å²) in [5.74, 6) is 0.0801. The first-order valence-corrected chi connectivity index (χ1v) is 14.6. The van der Waals surface area contributed by atoms with Crippen LogP contribution in [0.5, 0.6) is 0 Å². The molecule has 5 rings (SSSR count). The van der Waals surface area contributed by atoms with E-state index in [1.165, 1.54) is 5.57 Å². The maximum atomic E-state index is 13.3. The summed E-state index contributed by atoms with van der Waals surface area (Å²) in [5.41, 5.74) is -0.729. The lowest BCUT2D eigenvalue weighted by Gasteiger charge is -2.58. The summed E-state index contributed by atoms with van der Waals surface area (Å²) in [5, 5.41) is 14.5. The number of esters is 1. The molecule has 1 aliphatic heterocycles. The Hall–Kier alpha value is -2.06. The SMILES string of the molecule is C[C@]12CCC(=O)C=C1CC[C@@H]1[C@@H]2CC[C@@]2(C)[C@H]1CC[C@]2(O)C(=O)COC(=O)CCC(=O)NC[C@@H]1CCCO1. The zero-order valence-corrected chi connectivity index (χ0v) is 22.9. The van der Waals surface area contributed by atoms with E-state index in [-0.39, 0.29) is 42.0 Å². The number of aliphatic hydroxyl groups is 1. The second-order valence-electron chi connectivity index (χ2n) is 12.8. The van der Waals surface area contributed by atoms with Gasteiger partial charge in [-0.3, -0.25) is 19.2 Å². The molecule has 8 nitrogen and oxygen atoms in total. The van der Waals surface area contributed by atoms with Crippen LogP contribution in [0.1, 0.15) is 90.9 Å². The van der Waals surface area contributed by atoms with E-state index >= 15 is 0 Å². The average Bonchev–Trinajstić information content (AvgIpc) is 3.51. The summed E-state index contributed by atoms with van der Waals surface area (Å²) in [6, 6.07) is 0. The Morgan fingerprint density at radius 2 is 1.84 bits per heavy atom. The number of amides is 1. The first kappa shape index (κ1) is 27.5. The van der Waals surface area contributed by atoms with Crippen LogP contribution in [0.3, 0.4) is 0 Å². The largest absolute Gasteiger partial charge is 0.458 e. The van der Waals surface area contributed by atoms with Crippen LogP contribution in [0.4, 0.5) is 0 Å².